The van der Waals surface area contributed by atoms with E-state index in [9.17, 15) is 9.18 Å². The molecule has 0 radical (unpaired) electrons. The summed E-state index contributed by atoms with van der Waals surface area (Å²) in [7, 11) is 1.58. The molecule has 1 amide bonds. The molecule has 1 aliphatic heterocycles. The summed E-state index contributed by atoms with van der Waals surface area (Å²) in [5, 5.41) is 3.44. The average molecular weight is 488 g/mol. The SMILES string of the molecule is COCCNC(=O)C1(C)COC(c2nc(-c3ccc(F)cc3)c(-c3ccnc(SC)n3)[nH]2)OC1. The number of nitrogens with zero attached hydrogens (tertiary/aromatic N) is 3. The molecule has 1 saturated heterocycles. The van der Waals surface area contributed by atoms with Crippen molar-refractivity contribution >= 4 is 17.7 Å². The van der Waals surface area contributed by atoms with Gasteiger partial charge in [-0.25, -0.2) is 19.3 Å². The van der Waals surface area contributed by atoms with Crippen LogP contribution in [0.5, 0.6) is 0 Å². The van der Waals surface area contributed by atoms with Crippen molar-refractivity contribution in [3.8, 4) is 22.6 Å². The lowest BCUT2D eigenvalue weighted by atomic mass is 9.91. The highest BCUT2D eigenvalue weighted by Gasteiger charge is 2.40. The van der Waals surface area contributed by atoms with Gasteiger partial charge in [-0.05, 0) is 43.5 Å². The first kappa shape index (κ1) is 24.3. The Morgan fingerprint density at radius 2 is 2.00 bits per heavy atom. The van der Waals surface area contributed by atoms with Gasteiger partial charge in [0.05, 0.1) is 42.3 Å². The quantitative estimate of drug-likeness (QED) is 0.283. The van der Waals surface area contributed by atoms with E-state index < -0.39 is 11.7 Å². The van der Waals surface area contributed by atoms with Gasteiger partial charge in [-0.1, -0.05) is 11.8 Å². The molecule has 3 aromatic rings. The first-order valence-electron chi connectivity index (χ1n) is 10.7. The van der Waals surface area contributed by atoms with Crippen LogP contribution in [0.15, 0.2) is 41.7 Å². The molecule has 0 bridgehead atoms. The lowest BCUT2D eigenvalue weighted by Gasteiger charge is -2.35. The minimum absolute atomic E-state index is 0.155. The fraction of sp³-hybridized carbons (Fsp3) is 0.391. The number of carbonyl (C=O) groups is 1. The number of methoxy groups -OCH3 is 1. The number of halogens is 1. The van der Waals surface area contributed by atoms with Crippen LogP contribution in [-0.4, -0.2) is 65.6 Å². The number of nitrogens with one attached hydrogen (secondary N) is 2. The summed E-state index contributed by atoms with van der Waals surface area (Å²) < 4.78 is 30.3. The minimum Gasteiger partial charge on any atom is -0.383 e. The van der Waals surface area contributed by atoms with Crippen molar-refractivity contribution in [1.82, 2.24) is 25.3 Å². The Balaban J connectivity index is 1.59. The Hall–Kier alpha value is -2.86. The summed E-state index contributed by atoms with van der Waals surface area (Å²) in [6.45, 7) is 2.93. The van der Waals surface area contributed by atoms with Crippen LogP contribution in [0.1, 0.15) is 19.0 Å². The second-order valence-corrected chi connectivity index (χ2v) is 8.82. The molecule has 3 heterocycles. The Kier molecular flexibility index (Phi) is 7.57. The summed E-state index contributed by atoms with van der Waals surface area (Å²) in [6, 6.07) is 7.83. The molecule has 34 heavy (non-hydrogen) atoms. The molecule has 1 aromatic carbocycles. The summed E-state index contributed by atoms with van der Waals surface area (Å²) in [5.41, 5.74) is 1.73. The van der Waals surface area contributed by atoms with Gasteiger partial charge in [-0.3, -0.25) is 4.79 Å². The molecular formula is C23H26FN5O4S. The van der Waals surface area contributed by atoms with E-state index in [0.29, 0.717) is 46.8 Å². The first-order valence-corrected chi connectivity index (χ1v) is 11.9. The number of aromatic nitrogens is 4. The molecule has 0 spiro atoms. The lowest BCUT2D eigenvalue weighted by Crippen LogP contribution is -2.49. The number of thioether (sulfide) groups is 1. The predicted octanol–water partition coefficient (Wildman–Crippen LogP) is 3.21. The van der Waals surface area contributed by atoms with Crippen molar-refractivity contribution in [1.29, 1.82) is 0 Å². The van der Waals surface area contributed by atoms with Crippen LogP contribution in [0.4, 0.5) is 4.39 Å². The van der Waals surface area contributed by atoms with Gasteiger partial charge in [0.15, 0.2) is 11.0 Å². The van der Waals surface area contributed by atoms with Crippen LogP contribution in [0, 0.1) is 11.2 Å². The Bertz CT molecular complexity index is 1130. The molecule has 180 valence electrons. The zero-order valence-electron chi connectivity index (χ0n) is 19.1. The maximum absolute atomic E-state index is 13.5. The van der Waals surface area contributed by atoms with E-state index in [4.69, 9.17) is 19.2 Å². The third kappa shape index (κ3) is 5.27. The highest BCUT2D eigenvalue weighted by molar-refractivity contribution is 7.98. The monoisotopic (exact) mass is 487 g/mol. The maximum atomic E-state index is 13.5. The number of rotatable bonds is 8. The highest BCUT2D eigenvalue weighted by atomic mass is 32.2. The van der Waals surface area contributed by atoms with Gasteiger partial charge in [0, 0.05) is 25.4 Å². The molecule has 0 atom stereocenters. The van der Waals surface area contributed by atoms with Crippen LogP contribution in [0.3, 0.4) is 0 Å². The highest BCUT2D eigenvalue weighted by Crippen LogP contribution is 2.35. The molecule has 4 rings (SSSR count). The van der Waals surface area contributed by atoms with E-state index in [1.54, 1.807) is 38.4 Å². The normalized spacial score (nSPS) is 20.3. The van der Waals surface area contributed by atoms with Crippen LogP contribution in [0.25, 0.3) is 22.6 Å². The van der Waals surface area contributed by atoms with Crippen molar-refractivity contribution in [2.45, 2.75) is 18.4 Å². The number of hydrogen-bond acceptors (Lipinski definition) is 8. The fourth-order valence-corrected chi connectivity index (χ4v) is 3.82. The predicted molar refractivity (Wildman–Crippen MR) is 124 cm³/mol. The van der Waals surface area contributed by atoms with E-state index in [-0.39, 0.29) is 24.9 Å². The zero-order chi connectivity index (χ0) is 24.1. The van der Waals surface area contributed by atoms with Crippen LogP contribution >= 0.6 is 11.8 Å². The molecular weight excluding hydrogens is 461 g/mol. The number of H-pyrrole nitrogens is 1. The molecule has 11 heteroatoms. The third-order valence-corrected chi connectivity index (χ3v) is 5.94. The first-order chi connectivity index (χ1) is 16.4. The van der Waals surface area contributed by atoms with E-state index in [1.165, 1.54) is 23.9 Å². The van der Waals surface area contributed by atoms with Crippen molar-refractivity contribution in [3.05, 3.63) is 48.2 Å². The number of amides is 1. The number of ether oxygens (including phenoxy) is 3. The fourth-order valence-electron chi connectivity index (χ4n) is 3.46. The third-order valence-electron chi connectivity index (χ3n) is 5.38. The average Bonchev–Trinajstić information content (AvgIpc) is 3.30. The minimum atomic E-state index is -0.834. The van der Waals surface area contributed by atoms with E-state index in [0.717, 1.165) is 0 Å². The van der Waals surface area contributed by atoms with Gasteiger partial charge in [0.2, 0.25) is 12.2 Å². The van der Waals surface area contributed by atoms with Crippen molar-refractivity contribution in [3.63, 3.8) is 0 Å². The summed E-state index contributed by atoms with van der Waals surface area (Å²) >= 11 is 1.42. The standard InChI is InChI=1S/C23H26FN5O4S/c1-23(21(30)25-10-11-31-2)12-32-20(33-13-23)19-28-17(14-4-6-15(24)7-5-14)18(29-19)16-8-9-26-22(27-16)34-3/h4-9,20H,10-13H2,1-3H3,(H,25,30)(H,28,29). The van der Waals surface area contributed by atoms with Gasteiger partial charge in [-0.15, -0.1) is 0 Å². The smallest absolute Gasteiger partial charge is 0.230 e. The van der Waals surface area contributed by atoms with E-state index >= 15 is 0 Å². The Morgan fingerprint density at radius 3 is 2.68 bits per heavy atom. The second-order valence-electron chi connectivity index (χ2n) is 8.04. The summed E-state index contributed by atoms with van der Waals surface area (Å²) in [5.74, 6) is -0.0732. The molecule has 0 unspecified atom stereocenters. The summed E-state index contributed by atoms with van der Waals surface area (Å²) in [6.07, 6.45) is 2.77. The molecule has 9 nitrogen and oxygen atoms in total. The molecule has 2 N–H and O–H groups in total. The van der Waals surface area contributed by atoms with Gasteiger partial charge < -0.3 is 24.5 Å². The molecule has 2 aromatic heterocycles. The van der Waals surface area contributed by atoms with Gasteiger partial charge in [0.25, 0.3) is 0 Å². The van der Waals surface area contributed by atoms with Crippen LogP contribution in [0.2, 0.25) is 0 Å². The van der Waals surface area contributed by atoms with Gasteiger partial charge >= 0.3 is 0 Å². The van der Waals surface area contributed by atoms with E-state index in [1.807, 2.05) is 6.26 Å². The largest absolute Gasteiger partial charge is 0.383 e. The topological polar surface area (TPSA) is 111 Å². The molecule has 1 aliphatic rings. The second kappa shape index (κ2) is 10.6. The number of benzene rings is 1. The van der Waals surface area contributed by atoms with Gasteiger partial charge in [0.1, 0.15) is 5.82 Å². The van der Waals surface area contributed by atoms with Crippen molar-refractivity contribution in [2.24, 2.45) is 5.41 Å². The Labute approximate surface area is 200 Å². The number of hydrogen-bond donors (Lipinski definition) is 2. The number of carbonyl (C=O) groups excluding carboxylic acids is 1. The number of aromatic amines is 1. The molecule has 0 aliphatic carbocycles. The Morgan fingerprint density at radius 1 is 1.26 bits per heavy atom. The number of imidazole rings is 1. The van der Waals surface area contributed by atoms with E-state index in [2.05, 4.69) is 20.3 Å². The van der Waals surface area contributed by atoms with Crippen LogP contribution in [-0.2, 0) is 19.0 Å². The van der Waals surface area contributed by atoms with Crippen molar-refractivity contribution in [2.75, 3.05) is 39.7 Å². The summed E-state index contributed by atoms with van der Waals surface area (Å²) in [4.78, 5) is 29.3. The van der Waals surface area contributed by atoms with Gasteiger partial charge in [-0.2, -0.15) is 0 Å². The van der Waals surface area contributed by atoms with Crippen LogP contribution < -0.4 is 5.32 Å². The van der Waals surface area contributed by atoms with Crippen molar-refractivity contribution < 1.29 is 23.4 Å². The lowest BCUT2D eigenvalue weighted by molar-refractivity contribution is -0.231. The zero-order valence-corrected chi connectivity index (χ0v) is 19.9. The molecule has 1 fully saturated rings. The molecule has 0 saturated carbocycles. The maximum Gasteiger partial charge on any atom is 0.230 e.